The number of carbonyl (C=O) groups excluding carboxylic acids is 9. The number of likely N-dealkylation sites (tertiary alicyclic amines) is 4. The molecule has 3 N–H and O–H groups in total. The van der Waals surface area contributed by atoms with E-state index in [0.717, 1.165) is 35.9 Å². The average molecular weight is 1120 g/mol. The molecular weight excluding hydrogens is 1030 g/mol. The van der Waals surface area contributed by atoms with Crippen molar-refractivity contribution in [2.24, 2.45) is 5.90 Å². The molecule has 0 spiro atoms. The van der Waals surface area contributed by atoms with E-state index in [1.54, 1.807) is 21.8 Å². The lowest BCUT2D eigenvalue weighted by Gasteiger charge is -2.37. The molecule has 28 heteroatoms. The molecule has 0 atom stereocenters. The minimum Gasteiger partial charge on any atom is -0.444 e. The molecule has 0 aromatic rings. The summed E-state index contributed by atoms with van der Waals surface area (Å²) in [4.78, 5) is 124. The highest BCUT2D eigenvalue weighted by Gasteiger charge is 2.44. The number of nitrogens with two attached hydrogens (primary N) is 1. The fourth-order valence-corrected chi connectivity index (χ4v) is 7.30. The van der Waals surface area contributed by atoms with Crippen molar-refractivity contribution in [2.75, 3.05) is 80.8 Å². The van der Waals surface area contributed by atoms with Crippen LogP contribution in [0.1, 0.15) is 141 Å². The highest BCUT2D eigenvalue weighted by Crippen LogP contribution is 2.24. The number of amides is 6. The van der Waals surface area contributed by atoms with Crippen molar-refractivity contribution in [3.05, 3.63) is 0 Å². The van der Waals surface area contributed by atoms with E-state index < -0.39 is 40.8 Å². The van der Waals surface area contributed by atoms with Gasteiger partial charge in [-0.15, -0.1) is 0 Å². The van der Waals surface area contributed by atoms with Crippen molar-refractivity contribution >= 4 is 53.7 Å². The van der Waals surface area contributed by atoms with Gasteiger partial charge in [0.2, 0.25) is 11.8 Å². The first-order chi connectivity index (χ1) is 35.4. The summed E-state index contributed by atoms with van der Waals surface area (Å²) in [6.07, 6.45) is -1.01. The molecule has 0 aliphatic carbocycles. The normalized spacial score (nSPS) is 16.5. The Morgan fingerprint density at radius 2 is 0.805 bits per heavy atom. The smallest absolute Gasteiger partial charge is 0.444 e. The van der Waals surface area contributed by atoms with E-state index >= 15 is 0 Å². The van der Waals surface area contributed by atoms with E-state index in [2.05, 4.69) is 21.0 Å². The first-order valence-corrected chi connectivity index (χ1v) is 25.1. The number of nitrogens with zero attached hydrogens (tertiary/aromatic N) is 6. The fourth-order valence-electron chi connectivity index (χ4n) is 7.30. The Morgan fingerprint density at radius 1 is 0.519 bits per heavy atom. The van der Waals surface area contributed by atoms with Crippen LogP contribution >= 0.6 is 0 Å². The van der Waals surface area contributed by atoms with Gasteiger partial charge in [0, 0.05) is 98.9 Å². The zero-order valence-electron chi connectivity index (χ0n) is 48.4. The highest BCUT2D eigenvalue weighted by molar-refractivity contribution is 5.83. The van der Waals surface area contributed by atoms with Crippen LogP contribution in [0.3, 0.4) is 0 Å². The number of Topliss-reactive ketones (excluding diaryl/α,β-unsaturated/α-hetero) is 1. The number of piperidine rings is 4. The number of rotatable bonds is 6. The number of esters is 2. The number of hydroxylamine groups is 5. The lowest BCUT2D eigenvalue weighted by molar-refractivity contribution is -0.197. The van der Waals surface area contributed by atoms with Crippen molar-refractivity contribution in [1.82, 2.24) is 35.2 Å². The van der Waals surface area contributed by atoms with E-state index in [-0.39, 0.29) is 73.9 Å². The van der Waals surface area contributed by atoms with Gasteiger partial charge in [-0.05, 0) is 101 Å². The molecule has 0 aromatic heterocycles. The zero-order chi connectivity index (χ0) is 60.1. The van der Waals surface area contributed by atoms with E-state index in [4.69, 9.17) is 28.7 Å². The van der Waals surface area contributed by atoms with Crippen LogP contribution in [0, 0.1) is 0 Å². The van der Waals surface area contributed by atoms with Crippen molar-refractivity contribution in [2.45, 2.75) is 182 Å². The Bertz CT molecular complexity index is 1810. The molecule has 448 valence electrons. The minimum atomic E-state index is -4.84. The van der Waals surface area contributed by atoms with Gasteiger partial charge in [-0.2, -0.15) is 18.7 Å². The number of halogens is 3. The van der Waals surface area contributed by atoms with Crippen molar-refractivity contribution < 1.29 is 94.6 Å². The second-order valence-electron chi connectivity index (χ2n) is 20.7. The number of ether oxygens (including phenoxy) is 4. The van der Waals surface area contributed by atoms with Gasteiger partial charge in [-0.1, -0.05) is 0 Å². The minimum absolute atomic E-state index is 0.0289. The first kappa shape index (κ1) is 73.7. The molecule has 6 amide bonds. The molecule has 0 saturated carbocycles. The fraction of sp³-hybridized carbons (Fsp3) is 0.816. The van der Waals surface area contributed by atoms with Crippen LogP contribution in [-0.2, 0) is 67.1 Å². The SMILES string of the molecule is CC(=O)OC(C)=O.CC(C)(C)OC(=O)N1CCC(=O)CC1.CON.CON(C(C)=O)C1CCN(C(=O)C(F)(F)F)CC1.CON(C(C)=O)C1CCN(C(=O)OC(C)(C)C)CC1.CONC1CCN(C(=O)OC(C)(C)C)CC1. The summed E-state index contributed by atoms with van der Waals surface area (Å²) in [7, 11) is 5.83. The Morgan fingerprint density at radius 3 is 1.04 bits per heavy atom. The summed E-state index contributed by atoms with van der Waals surface area (Å²) in [5, 5.41) is 2.52. The summed E-state index contributed by atoms with van der Waals surface area (Å²) in [5.41, 5.74) is 1.56. The molecule has 4 rings (SSSR count). The largest absolute Gasteiger partial charge is 0.471 e. The summed E-state index contributed by atoms with van der Waals surface area (Å²) in [6, 6.07) is 0.0784. The molecule has 25 nitrogen and oxygen atoms in total. The van der Waals surface area contributed by atoms with Gasteiger partial charge in [0.25, 0.3) is 0 Å². The third-order valence-electron chi connectivity index (χ3n) is 10.5. The van der Waals surface area contributed by atoms with Crippen molar-refractivity contribution in [1.29, 1.82) is 0 Å². The standard InChI is InChI=1S/C13H24N2O4.C11H22N2O3.C10H15F3N2O3.C10H17NO3.C4H6O3.CH5NO/c1-10(16)15(18-5)11-6-8-14(9-7-11)12(17)19-13(2,3)4;1-11(2,3)16-10(14)13-7-5-9(6-8-13)12-15-4;1-7(16)15(18-2)8-3-5-14(6-4-8)9(17)10(11,12)13;1-10(2,3)14-9(13)11-6-4-8(12)5-7-11;1-3(5)7-4(2)6;1-3-2/h11H,6-9H2,1-5H3;9,12H,5-8H2,1-4H3;8H,3-6H2,1-2H3;4-7H2,1-3H3;1-2H3;2H2,1H3. The predicted molar refractivity (Wildman–Crippen MR) is 272 cm³/mol. The molecule has 0 aromatic carbocycles. The summed E-state index contributed by atoms with van der Waals surface area (Å²) in [6.45, 7) is 25.3. The van der Waals surface area contributed by atoms with E-state index in [1.165, 1.54) is 54.1 Å². The van der Waals surface area contributed by atoms with Crippen LogP contribution in [0.15, 0.2) is 0 Å². The number of hydrogen-bond donors (Lipinski definition) is 2. The molecule has 4 saturated heterocycles. The van der Waals surface area contributed by atoms with Crippen LogP contribution in [0.4, 0.5) is 27.6 Å². The molecule has 4 heterocycles. The third-order valence-corrected chi connectivity index (χ3v) is 10.5. The van der Waals surface area contributed by atoms with Gasteiger partial charge < -0.3 is 48.2 Å². The van der Waals surface area contributed by atoms with Gasteiger partial charge in [0.15, 0.2) is 0 Å². The molecule has 0 radical (unpaired) electrons. The maximum Gasteiger partial charge on any atom is 0.471 e. The van der Waals surface area contributed by atoms with E-state index in [0.29, 0.717) is 57.9 Å². The van der Waals surface area contributed by atoms with Gasteiger partial charge in [-0.3, -0.25) is 38.4 Å². The zero-order valence-corrected chi connectivity index (χ0v) is 48.4. The lowest BCUT2D eigenvalue weighted by atomic mass is 10.0. The molecule has 4 fully saturated rings. The van der Waals surface area contributed by atoms with Crippen molar-refractivity contribution in [3.63, 3.8) is 0 Å². The Kier molecular flexibility index (Phi) is 34.3. The summed E-state index contributed by atoms with van der Waals surface area (Å²) >= 11 is 0. The average Bonchev–Trinajstić information content (AvgIpc) is 3.29. The molecule has 77 heavy (non-hydrogen) atoms. The quantitative estimate of drug-likeness (QED) is 0.144. The van der Waals surface area contributed by atoms with Crippen LogP contribution in [-0.4, -0.2) is 205 Å². The van der Waals surface area contributed by atoms with Gasteiger partial charge in [-0.25, -0.2) is 30.4 Å². The number of carbonyl (C=O) groups is 9. The Labute approximate surface area is 451 Å². The number of alkyl halides is 3. The second kappa shape index (κ2) is 35.9. The molecule has 4 aliphatic rings. The van der Waals surface area contributed by atoms with Crippen LogP contribution in [0.25, 0.3) is 0 Å². The van der Waals surface area contributed by atoms with Gasteiger partial charge >= 0.3 is 42.3 Å². The van der Waals surface area contributed by atoms with E-state index in [9.17, 15) is 56.3 Å². The first-order valence-electron chi connectivity index (χ1n) is 25.1. The Hall–Kier alpha value is -5.42. The topological polar surface area (TPSA) is 285 Å². The van der Waals surface area contributed by atoms with Gasteiger partial charge in [0.1, 0.15) is 22.6 Å². The number of ketones is 1. The van der Waals surface area contributed by atoms with E-state index in [1.807, 2.05) is 62.3 Å². The molecule has 4 aliphatic heterocycles. The monoisotopic (exact) mass is 1120 g/mol. The molecule has 0 unspecified atom stereocenters. The van der Waals surface area contributed by atoms with Gasteiger partial charge in [0.05, 0.1) is 40.5 Å². The summed E-state index contributed by atoms with van der Waals surface area (Å²) < 4.78 is 56.4. The third kappa shape index (κ3) is 34.2. The number of hydrogen-bond acceptors (Lipinski definition) is 19. The highest BCUT2D eigenvalue weighted by atomic mass is 19.4. The Balaban J connectivity index is 0. The maximum atomic E-state index is 12.2. The van der Waals surface area contributed by atoms with Crippen LogP contribution < -0.4 is 11.4 Å². The number of nitrogens with one attached hydrogen (secondary N) is 1. The molecular formula is C49H89F3N8O17. The lowest BCUT2D eigenvalue weighted by Crippen LogP contribution is -2.50. The summed E-state index contributed by atoms with van der Waals surface area (Å²) in [5.74, 6) is 1.20. The van der Waals surface area contributed by atoms with Crippen molar-refractivity contribution in [3.8, 4) is 0 Å². The maximum absolute atomic E-state index is 12.2. The van der Waals surface area contributed by atoms with Crippen LogP contribution in [0.2, 0.25) is 0 Å². The predicted octanol–water partition coefficient (Wildman–Crippen LogP) is 5.47. The molecule has 0 bridgehead atoms. The second-order valence-corrected chi connectivity index (χ2v) is 20.7. The van der Waals surface area contributed by atoms with Crippen LogP contribution in [0.5, 0.6) is 0 Å².